The highest BCUT2D eigenvalue weighted by Gasteiger charge is 2.14. The summed E-state index contributed by atoms with van der Waals surface area (Å²) in [5.74, 6) is 0.450. The second-order valence-electron chi connectivity index (χ2n) is 5.17. The Morgan fingerprint density at radius 1 is 1.00 bits per heavy atom. The minimum absolute atomic E-state index is 0.450. The molecule has 116 valence electrons. The van der Waals surface area contributed by atoms with Crippen LogP contribution in [0.3, 0.4) is 0 Å². The lowest BCUT2D eigenvalue weighted by molar-refractivity contribution is 1.09. The predicted octanol–water partition coefficient (Wildman–Crippen LogP) is 4.48. The molecule has 0 radical (unpaired) electrons. The molecule has 2 aromatic rings. The SMILES string of the molecule is CCc1cccc(N(C)C(=N)N(C)c2cccc(SC)c2)c1. The highest BCUT2D eigenvalue weighted by atomic mass is 32.2. The summed E-state index contributed by atoms with van der Waals surface area (Å²) in [5, 5.41) is 8.48. The summed E-state index contributed by atoms with van der Waals surface area (Å²) in [6.45, 7) is 2.14. The van der Waals surface area contributed by atoms with Crippen LogP contribution in [0.15, 0.2) is 53.4 Å². The molecule has 0 aromatic heterocycles. The first-order valence-electron chi connectivity index (χ1n) is 7.35. The number of hydrogen-bond acceptors (Lipinski definition) is 2. The fourth-order valence-electron chi connectivity index (χ4n) is 2.27. The van der Waals surface area contributed by atoms with Crippen molar-refractivity contribution in [3.05, 3.63) is 54.1 Å². The van der Waals surface area contributed by atoms with Crippen molar-refractivity contribution in [2.45, 2.75) is 18.2 Å². The van der Waals surface area contributed by atoms with E-state index in [0.717, 1.165) is 17.8 Å². The first kappa shape index (κ1) is 16.4. The normalized spacial score (nSPS) is 10.4. The van der Waals surface area contributed by atoms with Gasteiger partial charge in [-0.3, -0.25) is 5.41 Å². The van der Waals surface area contributed by atoms with Gasteiger partial charge in [-0.25, -0.2) is 0 Å². The van der Waals surface area contributed by atoms with E-state index in [-0.39, 0.29) is 0 Å². The number of nitrogens with zero attached hydrogens (tertiary/aromatic N) is 2. The van der Waals surface area contributed by atoms with Gasteiger partial charge in [0.2, 0.25) is 5.96 Å². The second-order valence-corrected chi connectivity index (χ2v) is 6.05. The van der Waals surface area contributed by atoms with Crippen LogP contribution in [0.4, 0.5) is 11.4 Å². The van der Waals surface area contributed by atoms with Gasteiger partial charge in [0.25, 0.3) is 0 Å². The van der Waals surface area contributed by atoms with Gasteiger partial charge >= 0.3 is 0 Å². The van der Waals surface area contributed by atoms with E-state index in [2.05, 4.69) is 37.4 Å². The van der Waals surface area contributed by atoms with Crippen LogP contribution in [0, 0.1) is 5.41 Å². The van der Waals surface area contributed by atoms with Crippen molar-refractivity contribution in [3.63, 3.8) is 0 Å². The molecule has 1 N–H and O–H groups in total. The first-order valence-corrected chi connectivity index (χ1v) is 8.58. The number of benzene rings is 2. The minimum Gasteiger partial charge on any atom is -0.316 e. The second kappa shape index (κ2) is 7.36. The van der Waals surface area contributed by atoms with Gasteiger partial charge < -0.3 is 9.80 Å². The molecule has 0 aliphatic carbocycles. The molecular formula is C18H23N3S. The molecule has 3 nitrogen and oxygen atoms in total. The van der Waals surface area contributed by atoms with Crippen molar-refractivity contribution in [3.8, 4) is 0 Å². The molecule has 2 aromatic carbocycles. The number of anilines is 2. The van der Waals surface area contributed by atoms with Crippen LogP contribution in [-0.4, -0.2) is 26.3 Å². The van der Waals surface area contributed by atoms with Gasteiger partial charge in [-0.15, -0.1) is 11.8 Å². The zero-order chi connectivity index (χ0) is 16.1. The van der Waals surface area contributed by atoms with Crippen molar-refractivity contribution in [2.75, 3.05) is 30.2 Å². The van der Waals surface area contributed by atoms with E-state index in [0.29, 0.717) is 5.96 Å². The van der Waals surface area contributed by atoms with E-state index >= 15 is 0 Å². The standard InChI is InChI=1S/C18H23N3S/c1-5-14-8-6-9-15(12-14)20(2)18(19)21(3)16-10-7-11-17(13-16)22-4/h6-13,19H,5H2,1-4H3. The molecule has 0 saturated heterocycles. The summed E-state index contributed by atoms with van der Waals surface area (Å²) < 4.78 is 0. The minimum atomic E-state index is 0.450. The van der Waals surface area contributed by atoms with Gasteiger partial charge in [0.05, 0.1) is 0 Å². The Hall–Kier alpha value is -1.94. The lowest BCUT2D eigenvalue weighted by Gasteiger charge is -2.28. The van der Waals surface area contributed by atoms with Crippen LogP contribution in [-0.2, 0) is 6.42 Å². The first-order chi connectivity index (χ1) is 10.6. The maximum absolute atomic E-state index is 8.48. The summed E-state index contributed by atoms with van der Waals surface area (Å²) in [6, 6.07) is 16.6. The lowest BCUT2D eigenvalue weighted by atomic mass is 10.1. The van der Waals surface area contributed by atoms with Crippen molar-refractivity contribution in [1.82, 2.24) is 0 Å². The van der Waals surface area contributed by atoms with Gasteiger partial charge in [0.1, 0.15) is 0 Å². The topological polar surface area (TPSA) is 30.3 Å². The summed E-state index contributed by atoms with van der Waals surface area (Å²) in [7, 11) is 3.87. The number of hydrogen-bond donors (Lipinski definition) is 1. The number of thioether (sulfide) groups is 1. The van der Waals surface area contributed by atoms with Crippen LogP contribution in [0.2, 0.25) is 0 Å². The van der Waals surface area contributed by atoms with E-state index in [1.165, 1.54) is 10.5 Å². The fourth-order valence-corrected chi connectivity index (χ4v) is 2.73. The summed E-state index contributed by atoms with van der Waals surface area (Å²) >= 11 is 1.71. The molecular weight excluding hydrogens is 290 g/mol. The van der Waals surface area contributed by atoms with Crippen LogP contribution in [0.1, 0.15) is 12.5 Å². The summed E-state index contributed by atoms with van der Waals surface area (Å²) in [4.78, 5) is 5.01. The molecule has 4 heteroatoms. The van der Waals surface area contributed by atoms with Crippen molar-refractivity contribution < 1.29 is 0 Å². The van der Waals surface area contributed by atoms with Crippen LogP contribution >= 0.6 is 11.8 Å². The number of rotatable bonds is 4. The molecule has 0 atom stereocenters. The van der Waals surface area contributed by atoms with Gasteiger partial charge in [0, 0.05) is 30.4 Å². The molecule has 0 aliphatic rings. The summed E-state index contributed by atoms with van der Waals surface area (Å²) in [6.07, 6.45) is 3.06. The highest BCUT2D eigenvalue weighted by molar-refractivity contribution is 7.98. The van der Waals surface area contributed by atoms with Crippen LogP contribution in [0.25, 0.3) is 0 Å². The summed E-state index contributed by atoms with van der Waals surface area (Å²) in [5.41, 5.74) is 3.34. The zero-order valence-electron chi connectivity index (χ0n) is 13.6. The van der Waals surface area contributed by atoms with Crippen LogP contribution < -0.4 is 9.80 Å². The maximum Gasteiger partial charge on any atom is 0.202 e. The maximum atomic E-state index is 8.48. The van der Waals surface area contributed by atoms with E-state index in [1.807, 2.05) is 48.2 Å². The molecule has 2 rings (SSSR count). The number of aryl methyl sites for hydroxylation is 1. The molecule has 0 fully saturated rings. The zero-order valence-corrected chi connectivity index (χ0v) is 14.4. The third kappa shape index (κ3) is 3.63. The smallest absolute Gasteiger partial charge is 0.202 e. The molecule has 0 amide bonds. The number of guanidine groups is 1. The van der Waals surface area contributed by atoms with E-state index in [9.17, 15) is 0 Å². The Bertz CT molecular complexity index is 599. The quantitative estimate of drug-likeness (QED) is 0.513. The van der Waals surface area contributed by atoms with Crippen molar-refractivity contribution in [1.29, 1.82) is 5.41 Å². The fraction of sp³-hybridized carbons (Fsp3) is 0.278. The number of nitrogens with one attached hydrogen (secondary N) is 1. The predicted molar refractivity (Wildman–Crippen MR) is 98.6 cm³/mol. The lowest BCUT2D eigenvalue weighted by Crippen LogP contribution is -2.39. The average molecular weight is 313 g/mol. The molecule has 0 heterocycles. The Balaban J connectivity index is 2.21. The molecule has 0 aliphatic heterocycles. The molecule has 0 unspecified atom stereocenters. The van der Waals surface area contributed by atoms with E-state index < -0.39 is 0 Å². The largest absolute Gasteiger partial charge is 0.316 e. The van der Waals surface area contributed by atoms with Gasteiger partial charge in [-0.05, 0) is 48.6 Å². The highest BCUT2D eigenvalue weighted by Crippen LogP contribution is 2.23. The van der Waals surface area contributed by atoms with Gasteiger partial charge in [-0.1, -0.05) is 25.1 Å². The van der Waals surface area contributed by atoms with E-state index in [4.69, 9.17) is 5.41 Å². The monoisotopic (exact) mass is 313 g/mol. The Morgan fingerprint density at radius 3 is 2.18 bits per heavy atom. The Morgan fingerprint density at radius 2 is 1.59 bits per heavy atom. The molecule has 0 saturated carbocycles. The van der Waals surface area contributed by atoms with Crippen LogP contribution in [0.5, 0.6) is 0 Å². The van der Waals surface area contributed by atoms with Gasteiger partial charge in [0.15, 0.2) is 0 Å². The van der Waals surface area contributed by atoms with E-state index in [1.54, 1.807) is 11.8 Å². The molecule has 0 spiro atoms. The third-order valence-corrected chi connectivity index (χ3v) is 4.51. The third-order valence-electron chi connectivity index (χ3n) is 3.78. The Kier molecular flexibility index (Phi) is 5.50. The van der Waals surface area contributed by atoms with Crippen molar-refractivity contribution >= 4 is 29.1 Å². The van der Waals surface area contributed by atoms with Gasteiger partial charge in [-0.2, -0.15) is 0 Å². The molecule has 22 heavy (non-hydrogen) atoms. The average Bonchev–Trinajstić information content (AvgIpc) is 2.59. The van der Waals surface area contributed by atoms with Crippen molar-refractivity contribution in [2.24, 2.45) is 0 Å². The molecule has 0 bridgehead atoms. The Labute approximate surface area is 137 Å².